The van der Waals surface area contributed by atoms with Crippen molar-refractivity contribution in [3.8, 4) is 0 Å². The highest BCUT2D eigenvalue weighted by atomic mass is 32.1. The number of nitrogens with zero attached hydrogens (tertiary/aromatic N) is 1. The second kappa shape index (κ2) is 4.49. The molecule has 0 unspecified atom stereocenters. The quantitative estimate of drug-likeness (QED) is 0.873. The average molecular weight is 252 g/mol. The van der Waals surface area contributed by atoms with Crippen molar-refractivity contribution in [2.45, 2.75) is 25.8 Å². The van der Waals surface area contributed by atoms with Gasteiger partial charge in [-0.3, -0.25) is 9.59 Å². The van der Waals surface area contributed by atoms with Gasteiger partial charge in [0.15, 0.2) is 0 Å². The average Bonchev–Trinajstić information content (AvgIpc) is 2.77. The summed E-state index contributed by atoms with van der Waals surface area (Å²) in [7, 11) is 0. The molecule has 0 aliphatic carbocycles. The number of thiophene rings is 1. The third-order valence-corrected chi connectivity index (χ3v) is 4.03. The fourth-order valence-corrected chi connectivity index (χ4v) is 2.68. The Labute approximate surface area is 105 Å². The van der Waals surface area contributed by atoms with Crippen LogP contribution >= 0.6 is 11.3 Å². The Kier molecular flexibility index (Phi) is 3.19. The highest BCUT2D eigenvalue weighted by molar-refractivity contribution is 7.09. The number of carbonyl (C=O) groups is 2. The van der Waals surface area contributed by atoms with Crippen LogP contribution in [0.1, 0.15) is 18.7 Å². The van der Waals surface area contributed by atoms with E-state index in [1.54, 1.807) is 30.1 Å². The highest BCUT2D eigenvalue weighted by Gasteiger charge is 2.41. The molecule has 5 heteroatoms. The van der Waals surface area contributed by atoms with E-state index in [-0.39, 0.29) is 18.4 Å². The molecular formula is C12H16N2O2S. The van der Waals surface area contributed by atoms with Gasteiger partial charge in [-0.05, 0) is 31.7 Å². The van der Waals surface area contributed by atoms with Crippen LogP contribution in [0.2, 0.25) is 0 Å². The third-order valence-electron chi connectivity index (χ3n) is 3.09. The predicted octanol–water partition coefficient (Wildman–Crippen LogP) is 1.03. The third kappa shape index (κ3) is 2.34. The van der Waals surface area contributed by atoms with Gasteiger partial charge in [0.25, 0.3) is 0 Å². The Hall–Kier alpha value is -1.36. The van der Waals surface area contributed by atoms with Crippen molar-refractivity contribution in [3.05, 3.63) is 22.4 Å². The summed E-state index contributed by atoms with van der Waals surface area (Å²) in [6.45, 7) is 4.29. The van der Waals surface area contributed by atoms with Crippen LogP contribution in [0.15, 0.2) is 17.5 Å². The SMILES string of the molecule is CC1(C)C(=O)NCC(=O)N1CCc1cccs1. The molecule has 0 saturated carbocycles. The maximum atomic E-state index is 11.8. The van der Waals surface area contributed by atoms with Gasteiger partial charge < -0.3 is 10.2 Å². The first-order valence-corrected chi connectivity index (χ1v) is 6.51. The minimum absolute atomic E-state index is 0.00819. The lowest BCUT2D eigenvalue weighted by atomic mass is 9.98. The van der Waals surface area contributed by atoms with E-state index in [1.807, 2.05) is 17.5 Å². The van der Waals surface area contributed by atoms with Crippen LogP contribution in [0.3, 0.4) is 0 Å². The largest absolute Gasteiger partial charge is 0.345 e. The summed E-state index contributed by atoms with van der Waals surface area (Å²) in [5.74, 6) is -0.0885. The molecule has 17 heavy (non-hydrogen) atoms. The Bertz CT molecular complexity index is 426. The fourth-order valence-electron chi connectivity index (χ4n) is 1.98. The van der Waals surface area contributed by atoms with Gasteiger partial charge in [0.2, 0.25) is 11.8 Å². The zero-order valence-corrected chi connectivity index (χ0v) is 10.8. The number of nitrogens with one attached hydrogen (secondary N) is 1. The van der Waals surface area contributed by atoms with E-state index in [2.05, 4.69) is 5.32 Å². The molecular weight excluding hydrogens is 236 g/mol. The lowest BCUT2D eigenvalue weighted by molar-refractivity contribution is -0.151. The van der Waals surface area contributed by atoms with Gasteiger partial charge in [0.1, 0.15) is 5.54 Å². The van der Waals surface area contributed by atoms with Crippen molar-refractivity contribution in [1.82, 2.24) is 10.2 Å². The van der Waals surface area contributed by atoms with E-state index in [9.17, 15) is 9.59 Å². The van der Waals surface area contributed by atoms with Crippen LogP contribution in [0, 0.1) is 0 Å². The van der Waals surface area contributed by atoms with Crippen LogP contribution in [-0.4, -0.2) is 35.3 Å². The zero-order chi connectivity index (χ0) is 12.5. The molecule has 0 aromatic carbocycles. The van der Waals surface area contributed by atoms with Crippen LogP contribution in [0.5, 0.6) is 0 Å². The topological polar surface area (TPSA) is 49.4 Å². The van der Waals surface area contributed by atoms with Crippen molar-refractivity contribution in [3.63, 3.8) is 0 Å². The van der Waals surface area contributed by atoms with E-state index < -0.39 is 5.54 Å². The van der Waals surface area contributed by atoms with Crippen molar-refractivity contribution in [1.29, 1.82) is 0 Å². The number of piperazine rings is 1. The van der Waals surface area contributed by atoms with Crippen LogP contribution < -0.4 is 5.32 Å². The van der Waals surface area contributed by atoms with Gasteiger partial charge in [-0.15, -0.1) is 11.3 Å². The molecule has 0 spiro atoms. The molecule has 1 aromatic rings. The standard InChI is InChI=1S/C12H16N2O2S/c1-12(2)11(16)13-8-10(15)14(12)6-5-9-4-3-7-17-9/h3-4,7H,5-6,8H2,1-2H3,(H,13,16). The minimum Gasteiger partial charge on any atom is -0.345 e. The molecule has 0 bridgehead atoms. The fraction of sp³-hybridized carbons (Fsp3) is 0.500. The first-order valence-electron chi connectivity index (χ1n) is 5.63. The van der Waals surface area contributed by atoms with Gasteiger partial charge in [0, 0.05) is 11.4 Å². The number of rotatable bonds is 3. The van der Waals surface area contributed by atoms with Gasteiger partial charge >= 0.3 is 0 Å². The number of carbonyl (C=O) groups excluding carboxylic acids is 2. The van der Waals surface area contributed by atoms with E-state index in [0.717, 1.165) is 6.42 Å². The molecule has 1 N–H and O–H groups in total. The molecule has 4 nitrogen and oxygen atoms in total. The lowest BCUT2D eigenvalue weighted by Gasteiger charge is -2.41. The van der Waals surface area contributed by atoms with E-state index in [4.69, 9.17) is 0 Å². The predicted molar refractivity (Wildman–Crippen MR) is 66.8 cm³/mol. The number of hydrogen-bond acceptors (Lipinski definition) is 3. The molecule has 0 radical (unpaired) electrons. The molecule has 1 aliphatic heterocycles. The van der Waals surface area contributed by atoms with Crippen molar-refractivity contribution in [2.24, 2.45) is 0 Å². The Morgan fingerprint density at radius 2 is 2.24 bits per heavy atom. The van der Waals surface area contributed by atoms with Crippen molar-refractivity contribution in [2.75, 3.05) is 13.1 Å². The van der Waals surface area contributed by atoms with Gasteiger partial charge in [-0.2, -0.15) is 0 Å². The molecule has 1 fully saturated rings. The normalized spacial score (nSPS) is 19.3. The van der Waals surface area contributed by atoms with E-state index in [1.165, 1.54) is 4.88 Å². The molecule has 0 atom stereocenters. The second-order valence-electron chi connectivity index (χ2n) is 4.62. The first-order chi connectivity index (χ1) is 8.01. The van der Waals surface area contributed by atoms with Crippen LogP contribution in [0.4, 0.5) is 0 Å². The summed E-state index contributed by atoms with van der Waals surface area (Å²) in [6.07, 6.45) is 0.806. The first kappa shape index (κ1) is 12.1. The van der Waals surface area contributed by atoms with Crippen molar-refractivity contribution >= 4 is 23.2 Å². The van der Waals surface area contributed by atoms with E-state index >= 15 is 0 Å². The Morgan fingerprint density at radius 1 is 1.47 bits per heavy atom. The Balaban J connectivity index is 2.06. The summed E-state index contributed by atoms with van der Waals surface area (Å²) in [4.78, 5) is 26.5. The van der Waals surface area contributed by atoms with Crippen LogP contribution in [-0.2, 0) is 16.0 Å². The molecule has 1 aromatic heterocycles. The highest BCUT2D eigenvalue weighted by Crippen LogP contribution is 2.20. The molecule has 1 saturated heterocycles. The molecule has 2 rings (SSSR count). The minimum atomic E-state index is -0.743. The maximum Gasteiger partial charge on any atom is 0.245 e. The molecule has 2 amide bonds. The maximum absolute atomic E-state index is 11.8. The summed E-state index contributed by atoms with van der Waals surface area (Å²) in [6, 6.07) is 4.04. The van der Waals surface area contributed by atoms with Crippen molar-refractivity contribution < 1.29 is 9.59 Å². The summed E-state index contributed by atoms with van der Waals surface area (Å²) < 4.78 is 0. The lowest BCUT2D eigenvalue weighted by Crippen LogP contribution is -2.64. The monoisotopic (exact) mass is 252 g/mol. The number of amides is 2. The molecule has 92 valence electrons. The molecule has 1 aliphatic rings. The number of hydrogen-bond donors (Lipinski definition) is 1. The summed E-state index contributed by atoms with van der Waals surface area (Å²) in [5.41, 5.74) is -0.743. The Morgan fingerprint density at radius 3 is 2.88 bits per heavy atom. The van der Waals surface area contributed by atoms with Gasteiger partial charge in [-0.25, -0.2) is 0 Å². The van der Waals surface area contributed by atoms with Crippen LogP contribution in [0.25, 0.3) is 0 Å². The molecule has 2 heterocycles. The van der Waals surface area contributed by atoms with Gasteiger partial charge in [-0.1, -0.05) is 6.07 Å². The summed E-state index contributed by atoms with van der Waals surface area (Å²) >= 11 is 1.68. The van der Waals surface area contributed by atoms with Gasteiger partial charge in [0.05, 0.1) is 6.54 Å². The van der Waals surface area contributed by atoms with E-state index in [0.29, 0.717) is 6.54 Å². The summed E-state index contributed by atoms with van der Waals surface area (Å²) in [5, 5.41) is 4.64. The second-order valence-corrected chi connectivity index (χ2v) is 5.65. The smallest absolute Gasteiger partial charge is 0.245 e. The zero-order valence-electron chi connectivity index (χ0n) is 10.0.